The van der Waals surface area contributed by atoms with E-state index in [2.05, 4.69) is 38.2 Å². The summed E-state index contributed by atoms with van der Waals surface area (Å²) < 4.78 is 22.3. The molecule has 0 aromatic heterocycles. The van der Waals surface area contributed by atoms with Crippen LogP contribution in [0.3, 0.4) is 0 Å². The van der Waals surface area contributed by atoms with Gasteiger partial charge in [0, 0.05) is 12.8 Å². The summed E-state index contributed by atoms with van der Waals surface area (Å²) in [5.74, 6) is -0.838. The van der Waals surface area contributed by atoms with E-state index in [1.165, 1.54) is 205 Å². The van der Waals surface area contributed by atoms with E-state index in [-0.39, 0.29) is 26.1 Å². The SMILES string of the molecule is CCCCCCCCCCCCCCCC/C=C/CC/C=C/CCCC(=O)OC[C@@H](CO[C@H]1O[C@@H](CO)[C@@H](O)C(O)C1O)OC(=O)CCCCCCCCCCCCCCCCCCCCCCCC. The second-order valence-corrected chi connectivity index (χ2v) is 20.8. The molecule has 6 atom stereocenters. The van der Waals surface area contributed by atoms with E-state index in [1.807, 2.05) is 0 Å². The van der Waals surface area contributed by atoms with Crippen LogP contribution in [-0.2, 0) is 28.5 Å². The number of esters is 2. The van der Waals surface area contributed by atoms with Crippen LogP contribution in [0.2, 0.25) is 0 Å². The maximum absolute atomic E-state index is 12.9. The van der Waals surface area contributed by atoms with Gasteiger partial charge in [0.1, 0.15) is 31.0 Å². The molecule has 1 saturated heterocycles. The summed E-state index contributed by atoms with van der Waals surface area (Å²) in [6.45, 7) is 3.45. The molecule has 10 heteroatoms. The first-order valence-corrected chi connectivity index (χ1v) is 29.9. The van der Waals surface area contributed by atoms with Crippen molar-refractivity contribution in [3.8, 4) is 0 Å². The van der Waals surface area contributed by atoms with Gasteiger partial charge in [-0.1, -0.05) is 256 Å². The second kappa shape index (κ2) is 50.7. The Morgan fingerprint density at radius 2 is 0.786 bits per heavy atom. The molecular formula is C60H112O10. The Labute approximate surface area is 430 Å². The van der Waals surface area contributed by atoms with Crippen LogP contribution in [-0.4, -0.2) is 89.0 Å². The maximum Gasteiger partial charge on any atom is 0.306 e. The lowest BCUT2D eigenvalue weighted by atomic mass is 9.99. The number of carbonyl (C=O) groups is 2. The lowest BCUT2D eigenvalue weighted by molar-refractivity contribution is -0.305. The van der Waals surface area contributed by atoms with E-state index >= 15 is 0 Å². The van der Waals surface area contributed by atoms with Crippen molar-refractivity contribution in [1.29, 1.82) is 0 Å². The van der Waals surface area contributed by atoms with E-state index in [1.54, 1.807) is 0 Å². The van der Waals surface area contributed by atoms with E-state index in [0.717, 1.165) is 44.9 Å². The molecule has 10 nitrogen and oxygen atoms in total. The van der Waals surface area contributed by atoms with Crippen LogP contribution in [0.15, 0.2) is 24.3 Å². The first kappa shape index (κ1) is 66.2. The molecule has 70 heavy (non-hydrogen) atoms. The highest BCUT2D eigenvalue weighted by atomic mass is 16.7. The fourth-order valence-electron chi connectivity index (χ4n) is 9.39. The third-order valence-corrected chi connectivity index (χ3v) is 14.1. The molecular weight excluding hydrogens is 881 g/mol. The Hall–Kier alpha value is -1.82. The first-order chi connectivity index (χ1) is 34.3. The van der Waals surface area contributed by atoms with Gasteiger partial charge in [0.15, 0.2) is 12.4 Å². The van der Waals surface area contributed by atoms with Gasteiger partial charge in [-0.3, -0.25) is 9.59 Å². The Morgan fingerprint density at radius 3 is 1.20 bits per heavy atom. The van der Waals surface area contributed by atoms with Gasteiger partial charge >= 0.3 is 11.9 Å². The number of rotatable bonds is 52. The molecule has 0 radical (unpaired) electrons. The van der Waals surface area contributed by atoms with Crippen molar-refractivity contribution in [3.05, 3.63) is 24.3 Å². The van der Waals surface area contributed by atoms with Crippen LogP contribution in [0, 0.1) is 0 Å². The van der Waals surface area contributed by atoms with Crippen molar-refractivity contribution < 1.29 is 49.0 Å². The smallest absolute Gasteiger partial charge is 0.306 e. The minimum absolute atomic E-state index is 0.219. The summed E-state index contributed by atoms with van der Waals surface area (Å²) in [5, 5.41) is 40.3. The van der Waals surface area contributed by atoms with Crippen LogP contribution in [0.25, 0.3) is 0 Å². The molecule has 1 fully saturated rings. The normalized spacial score (nSPS) is 18.9. The molecule has 1 rings (SSSR count). The molecule has 1 aliphatic heterocycles. The quantitative estimate of drug-likeness (QED) is 0.0263. The zero-order valence-electron chi connectivity index (χ0n) is 45.5. The number of allylic oxidation sites excluding steroid dienone is 4. The highest BCUT2D eigenvalue weighted by molar-refractivity contribution is 5.70. The fourth-order valence-corrected chi connectivity index (χ4v) is 9.39. The van der Waals surface area contributed by atoms with Gasteiger partial charge in [0.05, 0.1) is 13.2 Å². The Bertz CT molecular complexity index is 1190. The van der Waals surface area contributed by atoms with Crippen LogP contribution >= 0.6 is 0 Å². The van der Waals surface area contributed by atoms with E-state index < -0.39 is 55.4 Å². The molecule has 0 aliphatic carbocycles. The van der Waals surface area contributed by atoms with Crippen molar-refractivity contribution in [2.75, 3.05) is 19.8 Å². The van der Waals surface area contributed by atoms with Crippen LogP contribution in [0.4, 0.5) is 0 Å². The number of aliphatic hydroxyl groups is 4. The summed E-state index contributed by atoms with van der Waals surface area (Å²) in [5.41, 5.74) is 0. The molecule has 1 heterocycles. The molecule has 1 aliphatic rings. The third kappa shape index (κ3) is 40.6. The van der Waals surface area contributed by atoms with Crippen molar-refractivity contribution in [3.63, 3.8) is 0 Å². The van der Waals surface area contributed by atoms with Gasteiger partial charge in [-0.05, 0) is 44.9 Å². The monoisotopic (exact) mass is 993 g/mol. The Morgan fingerprint density at radius 1 is 0.429 bits per heavy atom. The van der Waals surface area contributed by atoms with E-state index in [0.29, 0.717) is 12.8 Å². The molecule has 0 saturated carbocycles. The highest BCUT2D eigenvalue weighted by Crippen LogP contribution is 2.23. The zero-order valence-corrected chi connectivity index (χ0v) is 45.5. The molecule has 0 aromatic rings. The van der Waals surface area contributed by atoms with E-state index in [9.17, 15) is 30.0 Å². The lowest BCUT2D eigenvalue weighted by Crippen LogP contribution is -2.59. The van der Waals surface area contributed by atoms with Gasteiger partial charge in [0.25, 0.3) is 0 Å². The second-order valence-electron chi connectivity index (χ2n) is 20.8. The summed E-state index contributed by atoms with van der Waals surface area (Å²) in [6.07, 6.45) is 53.6. The van der Waals surface area contributed by atoms with Gasteiger partial charge in [-0.2, -0.15) is 0 Å². The number of aliphatic hydroxyl groups excluding tert-OH is 4. The van der Waals surface area contributed by atoms with Gasteiger partial charge in [-0.25, -0.2) is 0 Å². The lowest BCUT2D eigenvalue weighted by Gasteiger charge is -2.39. The summed E-state index contributed by atoms with van der Waals surface area (Å²) in [6, 6.07) is 0. The minimum atomic E-state index is -1.60. The largest absolute Gasteiger partial charge is 0.462 e. The van der Waals surface area contributed by atoms with Crippen molar-refractivity contribution in [2.24, 2.45) is 0 Å². The van der Waals surface area contributed by atoms with Gasteiger partial charge in [-0.15, -0.1) is 0 Å². The number of ether oxygens (including phenoxy) is 4. The van der Waals surface area contributed by atoms with Crippen LogP contribution < -0.4 is 0 Å². The molecule has 0 amide bonds. The summed E-state index contributed by atoms with van der Waals surface area (Å²) >= 11 is 0. The highest BCUT2D eigenvalue weighted by Gasteiger charge is 2.44. The molecule has 2 unspecified atom stereocenters. The maximum atomic E-state index is 12.9. The summed E-state index contributed by atoms with van der Waals surface area (Å²) in [7, 11) is 0. The van der Waals surface area contributed by atoms with Crippen molar-refractivity contribution in [2.45, 2.75) is 327 Å². The predicted octanol–water partition coefficient (Wildman–Crippen LogP) is 15.2. The fraction of sp³-hybridized carbons (Fsp3) is 0.900. The van der Waals surface area contributed by atoms with Crippen LogP contribution in [0.5, 0.6) is 0 Å². The molecule has 0 bridgehead atoms. The van der Waals surface area contributed by atoms with Crippen molar-refractivity contribution in [1.82, 2.24) is 0 Å². The number of hydrogen-bond acceptors (Lipinski definition) is 10. The van der Waals surface area contributed by atoms with Gasteiger partial charge < -0.3 is 39.4 Å². The standard InChI is InChI=1S/C60H112O10/c1-3-5-7-9-11-13-15-17-19-21-23-25-27-29-30-32-34-36-38-40-42-44-46-48-55(62)67-51-53(52-68-60-59(66)58(65)57(64)54(50-61)70-60)69-56(63)49-47-45-43-41-39-37-35-33-31-28-26-24-22-20-18-16-14-12-10-8-6-4-2/h32,34,40,42,53-54,57-61,64-66H,3-31,33,35-39,41,43-52H2,1-2H3/b34-32+,42-40+/t53-,54-,57+,58?,59?,60-/m0/s1. The van der Waals surface area contributed by atoms with Gasteiger partial charge in [0.2, 0.25) is 0 Å². The topological polar surface area (TPSA) is 152 Å². The number of hydrogen-bond donors (Lipinski definition) is 4. The minimum Gasteiger partial charge on any atom is -0.462 e. The average molecular weight is 994 g/mol. The van der Waals surface area contributed by atoms with Crippen molar-refractivity contribution >= 4 is 11.9 Å². The first-order valence-electron chi connectivity index (χ1n) is 29.9. The molecule has 412 valence electrons. The predicted molar refractivity (Wildman–Crippen MR) is 289 cm³/mol. The van der Waals surface area contributed by atoms with E-state index in [4.69, 9.17) is 18.9 Å². The number of unbranched alkanes of at least 4 members (excludes halogenated alkanes) is 37. The third-order valence-electron chi connectivity index (χ3n) is 14.1. The Kier molecular flexibility index (Phi) is 47.9. The average Bonchev–Trinajstić information content (AvgIpc) is 3.36. The molecule has 0 spiro atoms. The molecule has 4 N–H and O–H groups in total. The zero-order chi connectivity index (χ0) is 50.8. The van der Waals surface area contributed by atoms with Crippen LogP contribution in [0.1, 0.15) is 290 Å². The Balaban J connectivity index is 2.20. The molecule has 0 aromatic carbocycles. The number of carbonyl (C=O) groups excluding carboxylic acids is 2. The summed E-state index contributed by atoms with van der Waals surface area (Å²) in [4.78, 5) is 25.5.